The first-order chi connectivity index (χ1) is 15.0. The number of fused-ring (bicyclic) bond motifs is 2. The van der Waals surface area contributed by atoms with Crippen molar-refractivity contribution in [2.45, 2.75) is 42.0 Å². The van der Waals surface area contributed by atoms with Crippen LogP contribution in [0.2, 0.25) is 5.02 Å². The summed E-state index contributed by atoms with van der Waals surface area (Å²) >= 11 is 8.82. The van der Waals surface area contributed by atoms with Gasteiger partial charge in [0, 0.05) is 11.0 Å². The Morgan fingerprint density at radius 3 is 2.48 bits per heavy atom. The Hall–Kier alpha value is -1.57. The average Bonchev–Trinajstić information content (AvgIpc) is 3.58. The molecule has 1 aliphatic carbocycles. The Balaban J connectivity index is 1.71. The fourth-order valence-electron chi connectivity index (χ4n) is 5.21. The predicted molar refractivity (Wildman–Crippen MR) is 123 cm³/mol. The third kappa shape index (κ3) is 3.40. The molecule has 1 saturated heterocycles. The van der Waals surface area contributed by atoms with Crippen molar-refractivity contribution in [1.82, 2.24) is 0 Å². The number of anilines is 1. The summed E-state index contributed by atoms with van der Waals surface area (Å²) in [7, 11) is -0.160. The molecule has 2 heterocycles. The minimum Gasteiger partial charge on any atom is -0.465 e. The highest BCUT2D eigenvalue weighted by Gasteiger charge is 2.59. The van der Waals surface area contributed by atoms with Crippen LogP contribution in [0.25, 0.3) is 0 Å². The van der Waals surface area contributed by atoms with Crippen LogP contribution in [0.4, 0.5) is 10.1 Å². The molecule has 4 nitrogen and oxygen atoms in total. The summed E-state index contributed by atoms with van der Waals surface area (Å²) in [5.41, 5.74) is 1.86. The van der Waals surface area contributed by atoms with Gasteiger partial charge in [0.05, 0.1) is 34.3 Å². The molecule has 164 valence electrons. The largest absolute Gasteiger partial charge is 0.465 e. The summed E-state index contributed by atoms with van der Waals surface area (Å²) < 4.78 is 34.3. The maximum atomic E-state index is 13.9. The first-order valence-corrected chi connectivity index (χ1v) is 13.1. The average molecular weight is 480 g/mol. The molecule has 2 fully saturated rings. The Bertz CT molecular complexity index is 1050. The van der Waals surface area contributed by atoms with Crippen molar-refractivity contribution in [3.05, 3.63) is 58.4 Å². The van der Waals surface area contributed by atoms with Crippen LogP contribution in [0.3, 0.4) is 0 Å². The quantitative estimate of drug-likeness (QED) is 0.554. The van der Waals surface area contributed by atoms with Gasteiger partial charge in [-0.3, -0.25) is 4.31 Å². The number of nitrogens with zero attached hydrogens (tertiary/aromatic N) is 1. The van der Waals surface area contributed by atoms with Gasteiger partial charge in [0.15, 0.2) is 11.0 Å². The molecule has 5 rings (SSSR count). The van der Waals surface area contributed by atoms with E-state index in [0.29, 0.717) is 21.4 Å². The Morgan fingerprint density at radius 2 is 1.87 bits per heavy atom. The van der Waals surface area contributed by atoms with E-state index in [2.05, 4.69) is 0 Å². The topological polar surface area (TPSA) is 46.6 Å². The predicted octanol–water partition coefficient (Wildman–Crippen LogP) is 5.35. The van der Waals surface area contributed by atoms with Crippen LogP contribution in [0, 0.1) is 11.7 Å². The molecule has 3 aliphatic rings. The number of carbonyl (C=O) groups excluding carboxylic acids is 1. The molecule has 1 spiro atoms. The molecule has 2 aromatic rings. The SMILES string of the molecule is COC(=O)c1ccc2c(c1Cl)C1(CCSCC1)C(C1CC1)N2S(=O)c1ccc(F)cc1. The molecule has 2 aliphatic heterocycles. The third-order valence-corrected chi connectivity index (χ3v) is 9.56. The van der Waals surface area contributed by atoms with Crippen molar-refractivity contribution in [1.29, 1.82) is 0 Å². The van der Waals surface area contributed by atoms with Crippen molar-refractivity contribution in [2.24, 2.45) is 5.92 Å². The highest BCUT2D eigenvalue weighted by Crippen LogP contribution is 2.61. The number of ether oxygens (including phenoxy) is 1. The van der Waals surface area contributed by atoms with Gasteiger partial charge in [0.1, 0.15) is 5.82 Å². The van der Waals surface area contributed by atoms with Crippen molar-refractivity contribution in [2.75, 3.05) is 22.9 Å². The van der Waals surface area contributed by atoms with Gasteiger partial charge in [0.2, 0.25) is 0 Å². The van der Waals surface area contributed by atoms with Gasteiger partial charge < -0.3 is 4.74 Å². The van der Waals surface area contributed by atoms with Gasteiger partial charge >= 0.3 is 5.97 Å². The summed E-state index contributed by atoms with van der Waals surface area (Å²) in [6.45, 7) is 0. The van der Waals surface area contributed by atoms with E-state index < -0.39 is 17.0 Å². The van der Waals surface area contributed by atoms with Gasteiger partial charge in [-0.2, -0.15) is 11.8 Å². The molecule has 2 atom stereocenters. The molecule has 0 N–H and O–H groups in total. The van der Waals surface area contributed by atoms with Crippen LogP contribution in [0.5, 0.6) is 0 Å². The van der Waals surface area contributed by atoms with E-state index in [1.54, 1.807) is 18.2 Å². The number of rotatable bonds is 4. The zero-order chi connectivity index (χ0) is 21.8. The van der Waals surface area contributed by atoms with E-state index >= 15 is 0 Å². The number of hydrogen-bond acceptors (Lipinski definition) is 4. The van der Waals surface area contributed by atoms with Crippen molar-refractivity contribution in [3.8, 4) is 0 Å². The first-order valence-electron chi connectivity index (χ1n) is 10.4. The Kier molecular flexibility index (Phi) is 5.55. The molecule has 8 heteroatoms. The molecule has 0 radical (unpaired) electrons. The number of methoxy groups -OCH3 is 1. The zero-order valence-corrected chi connectivity index (χ0v) is 19.5. The lowest BCUT2D eigenvalue weighted by molar-refractivity contribution is 0.0600. The van der Waals surface area contributed by atoms with E-state index in [1.807, 2.05) is 22.1 Å². The van der Waals surface area contributed by atoms with E-state index in [9.17, 15) is 13.4 Å². The number of halogens is 2. The molecular weight excluding hydrogens is 457 g/mol. The van der Waals surface area contributed by atoms with Crippen LogP contribution in [-0.4, -0.2) is 34.8 Å². The second kappa shape index (κ2) is 8.09. The van der Waals surface area contributed by atoms with Gasteiger partial charge in [-0.05, 0) is 79.5 Å². The Labute approximate surface area is 193 Å². The zero-order valence-electron chi connectivity index (χ0n) is 17.1. The lowest BCUT2D eigenvalue weighted by Crippen LogP contribution is -2.49. The molecule has 0 aromatic heterocycles. The van der Waals surface area contributed by atoms with E-state index in [0.717, 1.165) is 48.4 Å². The molecule has 2 aromatic carbocycles. The number of esters is 1. The summed E-state index contributed by atoms with van der Waals surface area (Å²) in [4.78, 5) is 12.9. The highest BCUT2D eigenvalue weighted by atomic mass is 35.5. The number of thioether (sulfide) groups is 1. The second-order valence-electron chi connectivity index (χ2n) is 8.39. The van der Waals surface area contributed by atoms with Crippen molar-refractivity contribution < 1.29 is 18.1 Å². The van der Waals surface area contributed by atoms with E-state index in [1.165, 1.54) is 19.2 Å². The lowest BCUT2D eigenvalue weighted by Gasteiger charge is -2.42. The van der Waals surface area contributed by atoms with Crippen LogP contribution in [0.15, 0.2) is 41.3 Å². The lowest BCUT2D eigenvalue weighted by atomic mass is 9.70. The maximum Gasteiger partial charge on any atom is 0.339 e. The summed E-state index contributed by atoms with van der Waals surface area (Å²) in [6.07, 6.45) is 4.03. The minimum atomic E-state index is -1.51. The van der Waals surface area contributed by atoms with Crippen LogP contribution in [0.1, 0.15) is 41.6 Å². The van der Waals surface area contributed by atoms with Crippen LogP contribution < -0.4 is 4.31 Å². The molecular formula is C23H23ClFNO3S2. The fourth-order valence-corrected chi connectivity index (χ4v) is 8.36. The van der Waals surface area contributed by atoms with Gasteiger partial charge in [-0.1, -0.05) is 11.6 Å². The standard InChI is InChI=1S/C23H23ClFNO3S2/c1-29-22(27)17-8-9-18-19(20(17)24)23(10-12-30-13-11-23)21(14-2-3-14)26(18)31(28)16-6-4-15(25)5-7-16/h4-9,14,21H,2-3,10-13H2,1H3. The van der Waals surface area contributed by atoms with Gasteiger partial charge in [0.25, 0.3) is 0 Å². The number of carbonyl (C=O) groups is 1. The molecule has 31 heavy (non-hydrogen) atoms. The normalized spacial score (nSPS) is 22.9. The molecule has 1 saturated carbocycles. The Morgan fingerprint density at radius 1 is 1.19 bits per heavy atom. The summed E-state index contributed by atoms with van der Waals surface area (Å²) in [6, 6.07) is 9.43. The van der Waals surface area contributed by atoms with Crippen LogP contribution in [-0.2, 0) is 21.1 Å². The highest BCUT2D eigenvalue weighted by molar-refractivity contribution is 7.99. The van der Waals surface area contributed by atoms with Crippen molar-refractivity contribution >= 4 is 46.0 Å². The minimum absolute atomic E-state index is 0.0414. The molecule has 0 amide bonds. The second-order valence-corrected chi connectivity index (χ2v) is 11.4. The summed E-state index contributed by atoms with van der Waals surface area (Å²) in [5, 5.41) is 0.417. The molecule has 0 bridgehead atoms. The number of benzene rings is 2. The van der Waals surface area contributed by atoms with Crippen LogP contribution >= 0.6 is 23.4 Å². The third-order valence-electron chi connectivity index (χ3n) is 6.73. The fraction of sp³-hybridized carbons (Fsp3) is 0.435. The van der Waals surface area contributed by atoms with E-state index in [4.69, 9.17) is 16.3 Å². The van der Waals surface area contributed by atoms with Gasteiger partial charge in [-0.15, -0.1) is 0 Å². The number of hydrogen-bond donors (Lipinski definition) is 0. The monoisotopic (exact) mass is 479 g/mol. The first kappa shape index (κ1) is 21.3. The smallest absolute Gasteiger partial charge is 0.339 e. The van der Waals surface area contributed by atoms with Crippen molar-refractivity contribution in [3.63, 3.8) is 0 Å². The summed E-state index contributed by atoms with van der Waals surface area (Å²) in [5.74, 6) is 1.61. The van der Waals surface area contributed by atoms with Gasteiger partial charge in [-0.25, -0.2) is 13.4 Å². The van der Waals surface area contributed by atoms with E-state index in [-0.39, 0.29) is 17.3 Å². The molecule has 2 unspecified atom stereocenters. The maximum absolute atomic E-state index is 13.9.